The van der Waals surface area contributed by atoms with Crippen molar-refractivity contribution in [2.24, 2.45) is 0 Å². The molecule has 1 unspecified atom stereocenters. The normalized spacial score (nSPS) is 17.8. The molecule has 0 spiro atoms. The van der Waals surface area contributed by atoms with Crippen molar-refractivity contribution in [1.82, 2.24) is 9.97 Å². The largest absolute Gasteiger partial charge is 0.461 e. The van der Waals surface area contributed by atoms with E-state index in [0.717, 1.165) is 41.3 Å². The number of aryl methyl sites for hydroxylation is 2. The lowest BCUT2D eigenvalue weighted by Gasteiger charge is -2.21. The van der Waals surface area contributed by atoms with Crippen molar-refractivity contribution < 1.29 is 14.6 Å². The number of rotatable bonds is 3. The predicted molar refractivity (Wildman–Crippen MR) is 79.6 cm³/mol. The molecule has 2 N–H and O–H groups in total. The number of hydrogen-bond donors (Lipinski definition) is 2. The summed E-state index contributed by atoms with van der Waals surface area (Å²) in [6.45, 7) is 4.16. The minimum Gasteiger partial charge on any atom is -0.461 e. The number of pyridine rings is 1. The van der Waals surface area contributed by atoms with E-state index in [-0.39, 0.29) is 18.5 Å². The lowest BCUT2D eigenvalue weighted by atomic mass is 9.85. The summed E-state index contributed by atoms with van der Waals surface area (Å²) in [7, 11) is 0. The Labute approximate surface area is 123 Å². The first-order chi connectivity index (χ1) is 10.2. The number of aromatic amines is 1. The molecule has 5 heteroatoms. The van der Waals surface area contributed by atoms with Crippen LogP contribution < -0.4 is 0 Å². The molecule has 0 aliphatic heterocycles. The van der Waals surface area contributed by atoms with Crippen molar-refractivity contribution in [2.45, 2.75) is 39.0 Å². The molecule has 112 valence electrons. The number of nitrogens with one attached hydrogen (secondary N) is 1. The van der Waals surface area contributed by atoms with Gasteiger partial charge >= 0.3 is 5.97 Å². The van der Waals surface area contributed by atoms with Crippen molar-refractivity contribution in [3.05, 3.63) is 28.7 Å². The molecule has 1 aliphatic carbocycles. The van der Waals surface area contributed by atoms with E-state index in [2.05, 4.69) is 9.97 Å². The summed E-state index contributed by atoms with van der Waals surface area (Å²) in [5, 5.41) is 10.7. The minimum atomic E-state index is -0.386. The zero-order valence-electron chi connectivity index (χ0n) is 12.4. The van der Waals surface area contributed by atoms with Crippen LogP contribution in [0.5, 0.6) is 0 Å². The van der Waals surface area contributed by atoms with Gasteiger partial charge in [0.1, 0.15) is 0 Å². The number of fused-ring (bicyclic) bond motifs is 3. The molecule has 0 bridgehead atoms. The lowest BCUT2D eigenvalue weighted by Crippen LogP contribution is -2.13. The summed E-state index contributed by atoms with van der Waals surface area (Å²) in [4.78, 5) is 19.7. The van der Waals surface area contributed by atoms with Gasteiger partial charge in [-0.1, -0.05) is 0 Å². The molecule has 0 radical (unpaired) electrons. The molecule has 0 saturated heterocycles. The molecule has 5 nitrogen and oxygen atoms in total. The maximum Gasteiger partial charge on any atom is 0.357 e. The van der Waals surface area contributed by atoms with Crippen LogP contribution in [-0.4, -0.2) is 34.3 Å². The highest BCUT2D eigenvalue weighted by molar-refractivity contribution is 5.97. The summed E-state index contributed by atoms with van der Waals surface area (Å²) in [5.74, 6) is -0.248. The summed E-state index contributed by atoms with van der Waals surface area (Å²) in [6.07, 6.45) is 4.73. The van der Waals surface area contributed by atoms with Crippen LogP contribution in [0.25, 0.3) is 10.9 Å². The Morgan fingerprint density at radius 1 is 1.57 bits per heavy atom. The van der Waals surface area contributed by atoms with E-state index < -0.39 is 0 Å². The van der Waals surface area contributed by atoms with Gasteiger partial charge in [-0.15, -0.1) is 0 Å². The first kappa shape index (κ1) is 14.1. The van der Waals surface area contributed by atoms with Crippen molar-refractivity contribution in [2.75, 3.05) is 13.2 Å². The highest BCUT2D eigenvalue weighted by Crippen LogP contribution is 2.38. The SMILES string of the molecule is CCOC(=O)c1ncc2[nH]c3c(c2c1C)C(CO)CCC3. The average molecular weight is 288 g/mol. The van der Waals surface area contributed by atoms with Gasteiger partial charge in [0.05, 0.1) is 24.9 Å². The fraction of sp³-hybridized carbons (Fsp3) is 0.500. The van der Waals surface area contributed by atoms with E-state index in [9.17, 15) is 9.90 Å². The van der Waals surface area contributed by atoms with Crippen LogP contribution >= 0.6 is 0 Å². The van der Waals surface area contributed by atoms with E-state index >= 15 is 0 Å². The number of carbonyl (C=O) groups is 1. The number of H-pyrrole nitrogens is 1. The Bertz CT molecular complexity index is 690. The van der Waals surface area contributed by atoms with Crippen LogP contribution in [0.2, 0.25) is 0 Å². The molecule has 0 aromatic carbocycles. The molecule has 1 atom stereocenters. The van der Waals surface area contributed by atoms with E-state index in [0.29, 0.717) is 12.3 Å². The second kappa shape index (κ2) is 5.48. The van der Waals surface area contributed by atoms with Gasteiger partial charge in [-0.05, 0) is 44.2 Å². The van der Waals surface area contributed by atoms with Gasteiger partial charge in [0.2, 0.25) is 0 Å². The predicted octanol–water partition coefficient (Wildman–Crippen LogP) is 2.46. The maximum absolute atomic E-state index is 12.0. The highest BCUT2D eigenvalue weighted by Gasteiger charge is 2.27. The van der Waals surface area contributed by atoms with Crippen molar-refractivity contribution in [3.63, 3.8) is 0 Å². The molecular formula is C16H20N2O3. The van der Waals surface area contributed by atoms with Crippen molar-refractivity contribution >= 4 is 16.9 Å². The van der Waals surface area contributed by atoms with Crippen molar-refractivity contribution in [1.29, 1.82) is 0 Å². The second-order valence-corrected chi connectivity index (χ2v) is 5.53. The van der Waals surface area contributed by atoms with Gasteiger partial charge in [0.25, 0.3) is 0 Å². The molecule has 0 saturated carbocycles. The van der Waals surface area contributed by atoms with Gasteiger partial charge in [0.15, 0.2) is 5.69 Å². The lowest BCUT2D eigenvalue weighted by molar-refractivity contribution is 0.0519. The molecule has 0 fully saturated rings. The summed E-state index contributed by atoms with van der Waals surface area (Å²) >= 11 is 0. The zero-order valence-corrected chi connectivity index (χ0v) is 12.4. The smallest absolute Gasteiger partial charge is 0.357 e. The van der Waals surface area contributed by atoms with Crippen molar-refractivity contribution in [3.8, 4) is 0 Å². The molecule has 2 aromatic heterocycles. The minimum absolute atomic E-state index is 0.135. The van der Waals surface area contributed by atoms with Crippen LogP contribution in [0.4, 0.5) is 0 Å². The second-order valence-electron chi connectivity index (χ2n) is 5.53. The average Bonchev–Trinajstić information content (AvgIpc) is 2.86. The third-order valence-electron chi connectivity index (χ3n) is 4.28. The van der Waals surface area contributed by atoms with E-state index in [1.807, 2.05) is 6.92 Å². The van der Waals surface area contributed by atoms with Gasteiger partial charge < -0.3 is 14.8 Å². The van der Waals surface area contributed by atoms with Crippen LogP contribution in [0.3, 0.4) is 0 Å². The number of aliphatic hydroxyl groups is 1. The van der Waals surface area contributed by atoms with E-state index in [1.54, 1.807) is 13.1 Å². The molecule has 2 aromatic rings. The Kier molecular flexibility index (Phi) is 3.68. The number of ether oxygens (including phenoxy) is 1. The van der Waals surface area contributed by atoms with Crippen LogP contribution in [0.1, 0.15) is 53.0 Å². The number of esters is 1. The third-order valence-corrected chi connectivity index (χ3v) is 4.28. The molecule has 1 aliphatic rings. The number of hydrogen-bond acceptors (Lipinski definition) is 4. The topological polar surface area (TPSA) is 75.2 Å². The van der Waals surface area contributed by atoms with E-state index in [4.69, 9.17) is 4.74 Å². The Morgan fingerprint density at radius 3 is 3.10 bits per heavy atom. The fourth-order valence-corrected chi connectivity index (χ4v) is 3.34. The number of nitrogens with zero attached hydrogens (tertiary/aromatic N) is 1. The summed E-state index contributed by atoms with van der Waals surface area (Å²) in [5.41, 5.74) is 4.47. The maximum atomic E-state index is 12.0. The first-order valence-electron chi connectivity index (χ1n) is 7.45. The van der Waals surface area contributed by atoms with Crippen LogP contribution in [0, 0.1) is 6.92 Å². The zero-order chi connectivity index (χ0) is 15.0. The van der Waals surface area contributed by atoms with Crippen LogP contribution in [-0.2, 0) is 11.2 Å². The first-order valence-corrected chi connectivity index (χ1v) is 7.45. The van der Waals surface area contributed by atoms with Gasteiger partial charge in [-0.2, -0.15) is 0 Å². The number of aliphatic hydroxyl groups excluding tert-OH is 1. The standard InChI is InChI=1S/C16H20N2O3/c1-3-21-16(20)15-9(2)13-12(7-17-15)18-11-6-4-5-10(8-19)14(11)13/h7,10,18-19H,3-6,8H2,1-2H3. The Morgan fingerprint density at radius 2 is 2.38 bits per heavy atom. The molecule has 2 heterocycles. The fourth-order valence-electron chi connectivity index (χ4n) is 3.34. The molecule has 0 amide bonds. The number of aromatic nitrogens is 2. The summed E-state index contributed by atoms with van der Waals surface area (Å²) < 4.78 is 5.07. The molecular weight excluding hydrogens is 268 g/mol. The molecule has 21 heavy (non-hydrogen) atoms. The van der Waals surface area contributed by atoms with E-state index in [1.165, 1.54) is 5.69 Å². The quantitative estimate of drug-likeness (QED) is 0.851. The third kappa shape index (κ3) is 2.21. The summed E-state index contributed by atoms with van der Waals surface area (Å²) in [6, 6.07) is 0. The number of carbonyl (C=O) groups excluding carboxylic acids is 1. The van der Waals surface area contributed by atoms with Gasteiger partial charge in [-0.3, -0.25) is 0 Å². The van der Waals surface area contributed by atoms with Gasteiger partial charge in [-0.25, -0.2) is 9.78 Å². The van der Waals surface area contributed by atoms with Crippen LogP contribution in [0.15, 0.2) is 6.20 Å². The Balaban J connectivity index is 2.20. The van der Waals surface area contributed by atoms with Gasteiger partial charge in [0, 0.05) is 17.0 Å². The highest BCUT2D eigenvalue weighted by atomic mass is 16.5. The monoisotopic (exact) mass is 288 g/mol. The molecule has 3 rings (SSSR count). The Hall–Kier alpha value is -1.88.